The van der Waals surface area contributed by atoms with E-state index >= 15 is 0 Å². The molecule has 0 fully saturated rings. The number of pyridine rings is 1. The van der Waals surface area contributed by atoms with Crippen molar-refractivity contribution in [2.45, 2.75) is 18.9 Å². The minimum atomic E-state index is -4.83. The molecule has 7 nitrogen and oxygen atoms in total. The van der Waals surface area contributed by atoms with Gasteiger partial charge in [-0.15, -0.1) is 0 Å². The van der Waals surface area contributed by atoms with Gasteiger partial charge in [0.25, 0.3) is 5.91 Å². The molecule has 0 bridgehead atoms. The van der Waals surface area contributed by atoms with Gasteiger partial charge in [-0.25, -0.2) is 4.98 Å². The molecule has 2 aromatic heterocycles. The molecule has 2 heterocycles. The summed E-state index contributed by atoms with van der Waals surface area (Å²) in [5.74, 6) is -3.18. The Labute approximate surface area is 180 Å². The van der Waals surface area contributed by atoms with Gasteiger partial charge in [-0.1, -0.05) is 28.9 Å². The Morgan fingerprint density at radius 3 is 2.41 bits per heavy atom. The molecule has 1 amide bonds. The molecule has 32 heavy (non-hydrogen) atoms. The minimum absolute atomic E-state index is 0.0671. The third-order valence-electron chi connectivity index (χ3n) is 3.76. The van der Waals surface area contributed by atoms with E-state index in [0.717, 1.165) is 6.20 Å². The van der Waals surface area contributed by atoms with Crippen molar-refractivity contribution in [2.75, 3.05) is 6.61 Å². The molecule has 1 aromatic carbocycles. The van der Waals surface area contributed by atoms with E-state index in [4.69, 9.17) is 16.3 Å². The Kier molecular flexibility index (Phi) is 6.57. The van der Waals surface area contributed by atoms with Crippen molar-refractivity contribution in [3.05, 3.63) is 58.8 Å². The SMILES string of the molecule is O=C(NCc1noc(C(F)(F)F)n1)c1cnc(OCC(F)(F)F)c(-c2ccc(Cl)cc2)c1. The van der Waals surface area contributed by atoms with Crippen molar-refractivity contribution in [2.24, 2.45) is 0 Å². The number of rotatable bonds is 6. The van der Waals surface area contributed by atoms with Gasteiger partial charge in [0, 0.05) is 16.8 Å². The summed E-state index contributed by atoms with van der Waals surface area (Å²) in [6, 6.07) is 7.14. The van der Waals surface area contributed by atoms with Gasteiger partial charge in [0.2, 0.25) is 5.88 Å². The summed E-state index contributed by atoms with van der Waals surface area (Å²) < 4.78 is 83.9. The van der Waals surface area contributed by atoms with E-state index in [2.05, 4.69) is 25.0 Å². The molecule has 0 aliphatic rings. The van der Waals surface area contributed by atoms with Crippen molar-refractivity contribution < 1.29 is 40.4 Å². The van der Waals surface area contributed by atoms with Crippen molar-refractivity contribution in [3.8, 4) is 17.0 Å². The number of benzene rings is 1. The van der Waals surface area contributed by atoms with Gasteiger partial charge in [-0.3, -0.25) is 4.79 Å². The lowest BCUT2D eigenvalue weighted by Gasteiger charge is -2.13. The summed E-state index contributed by atoms with van der Waals surface area (Å²) >= 11 is 5.82. The monoisotopic (exact) mass is 480 g/mol. The molecule has 3 aromatic rings. The number of nitrogens with one attached hydrogen (secondary N) is 1. The topological polar surface area (TPSA) is 90.1 Å². The molecule has 0 radical (unpaired) electrons. The third kappa shape index (κ3) is 6.09. The van der Waals surface area contributed by atoms with Crippen molar-refractivity contribution in [1.82, 2.24) is 20.4 Å². The average Bonchev–Trinajstić information content (AvgIpc) is 3.20. The maximum Gasteiger partial charge on any atom is 0.471 e. The standard InChI is InChI=1S/C18H11ClF6N4O3/c19-11-3-1-9(2-4-11)12-5-10(6-27-15(12)31-8-17(20,21)22)14(30)26-7-13-28-16(32-29-13)18(23,24)25/h1-6H,7-8H2,(H,26,30). The van der Waals surface area contributed by atoms with Gasteiger partial charge in [0.1, 0.15) is 0 Å². The fraction of sp³-hybridized carbons (Fsp3) is 0.222. The molecule has 14 heteroatoms. The molecule has 0 aliphatic heterocycles. The lowest BCUT2D eigenvalue weighted by Crippen LogP contribution is -2.24. The molecule has 0 unspecified atom stereocenters. The van der Waals surface area contributed by atoms with Gasteiger partial charge in [-0.2, -0.15) is 31.3 Å². The van der Waals surface area contributed by atoms with Crippen LogP contribution in [-0.4, -0.2) is 33.8 Å². The highest BCUT2D eigenvalue weighted by molar-refractivity contribution is 6.30. The number of carbonyl (C=O) groups is 1. The number of carbonyl (C=O) groups excluding carboxylic acids is 1. The Morgan fingerprint density at radius 2 is 1.81 bits per heavy atom. The van der Waals surface area contributed by atoms with Crippen LogP contribution in [0.15, 0.2) is 41.1 Å². The van der Waals surface area contributed by atoms with Crippen LogP contribution < -0.4 is 10.1 Å². The van der Waals surface area contributed by atoms with Crippen LogP contribution in [0.3, 0.4) is 0 Å². The number of aromatic nitrogens is 3. The molecule has 170 valence electrons. The van der Waals surface area contributed by atoms with E-state index in [1.807, 2.05) is 0 Å². The highest BCUT2D eigenvalue weighted by atomic mass is 35.5. The van der Waals surface area contributed by atoms with Crippen molar-refractivity contribution in [3.63, 3.8) is 0 Å². The zero-order valence-corrected chi connectivity index (χ0v) is 16.3. The maximum atomic E-state index is 12.5. The second-order valence-corrected chi connectivity index (χ2v) is 6.62. The lowest BCUT2D eigenvalue weighted by molar-refractivity contribution is -0.159. The fourth-order valence-corrected chi connectivity index (χ4v) is 2.51. The number of halogens is 7. The summed E-state index contributed by atoms with van der Waals surface area (Å²) in [5.41, 5.74) is 0.327. The number of ether oxygens (including phenoxy) is 1. The highest BCUT2D eigenvalue weighted by Gasteiger charge is 2.38. The first kappa shape index (κ1) is 23.3. The summed E-state index contributed by atoms with van der Waals surface area (Å²) in [5, 5.41) is 5.75. The molecule has 0 spiro atoms. The van der Waals surface area contributed by atoms with E-state index < -0.39 is 43.1 Å². The Morgan fingerprint density at radius 1 is 1.12 bits per heavy atom. The van der Waals surface area contributed by atoms with Crippen LogP contribution in [0, 0.1) is 0 Å². The van der Waals surface area contributed by atoms with Gasteiger partial charge >= 0.3 is 18.2 Å². The first-order chi connectivity index (χ1) is 14.9. The number of hydrogen-bond acceptors (Lipinski definition) is 6. The van der Waals surface area contributed by atoms with E-state index in [1.165, 1.54) is 30.3 Å². The Hall–Kier alpha value is -3.35. The maximum absolute atomic E-state index is 12.5. The highest BCUT2D eigenvalue weighted by Crippen LogP contribution is 2.31. The largest absolute Gasteiger partial charge is 0.471 e. The first-order valence-corrected chi connectivity index (χ1v) is 8.94. The fourth-order valence-electron chi connectivity index (χ4n) is 2.38. The van der Waals surface area contributed by atoms with Crippen molar-refractivity contribution in [1.29, 1.82) is 0 Å². The van der Waals surface area contributed by atoms with Crippen LogP contribution in [0.1, 0.15) is 22.1 Å². The Bertz CT molecular complexity index is 1100. The predicted molar refractivity (Wildman–Crippen MR) is 96.7 cm³/mol. The van der Waals surface area contributed by atoms with Gasteiger partial charge < -0.3 is 14.6 Å². The number of amides is 1. The van der Waals surface area contributed by atoms with E-state index in [-0.39, 0.29) is 17.0 Å². The second-order valence-electron chi connectivity index (χ2n) is 6.18. The molecule has 0 saturated carbocycles. The van der Waals surface area contributed by atoms with Crippen LogP contribution >= 0.6 is 11.6 Å². The normalized spacial score (nSPS) is 12.0. The van der Waals surface area contributed by atoms with Gasteiger partial charge in [-0.05, 0) is 23.8 Å². The van der Waals surface area contributed by atoms with E-state index in [9.17, 15) is 31.1 Å². The summed E-state index contributed by atoms with van der Waals surface area (Å²) in [6.45, 7) is -2.10. The molecular formula is C18H11ClF6N4O3. The van der Waals surface area contributed by atoms with E-state index in [1.54, 1.807) is 0 Å². The van der Waals surface area contributed by atoms with Crippen LogP contribution in [0.25, 0.3) is 11.1 Å². The summed E-state index contributed by atoms with van der Waals surface area (Å²) in [4.78, 5) is 19.3. The average molecular weight is 481 g/mol. The predicted octanol–water partition coefficient (Wildman–Crippen LogP) is 4.67. The van der Waals surface area contributed by atoms with Crippen LogP contribution in [-0.2, 0) is 12.7 Å². The zero-order valence-electron chi connectivity index (χ0n) is 15.6. The lowest BCUT2D eigenvalue weighted by atomic mass is 10.0. The number of alkyl halides is 6. The van der Waals surface area contributed by atoms with Crippen LogP contribution in [0.4, 0.5) is 26.3 Å². The van der Waals surface area contributed by atoms with Crippen LogP contribution in [0.5, 0.6) is 5.88 Å². The molecule has 3 rings (SSSR count). The van der Waals surface area contributed by atoms with E-state index in [0.29, 0.717) is 10.6 Å². The minimum Gasteiger partial charge on any atom is -0.468 e. The molecule has 0 saturated heterocycles. The first-order valence-electron chi connectivity index (χ1n) is 8.56. The van der Waals surface area contributed by atoms with Crippen LogP contribution in [0.2, 0.25) is 5.02 Å². The molecule has 1 N–H and O–H groups in total. The summed E-state index contributed by atoms with van der Waals surface area (Å²) in [7, 11) is 0. The zero-order chi connectivity index (χ0) is 23.5. The van der Waals surface area contributed by atoms with Gasteiger partial charge in [0.15, 0.2) is 12.4 Å². The quantitative estimate of drug-likeness (QED) is 0.515. The third-order valence-corrected chi connectivity index (χ3v) is 4.01. The summed E-state index contributed by atoms with van der Waals surface area (Å²) in [6.07, 6.45) is -8.49. The second kappa shape index (κ2) is 9.02. The molecular weight excluding hydrogens is 470 g/mol. The number of hydrogen-bond donors (Lipinski definition) is 1. The number of nitrogens with zero attached hydrogens (tertiary/aromatic N) is 3. The van der Waals surface area contributed by atoms with Gasteiger partial charge in [0.05, 0.1) is 12.1 Å². The Balaban J connectivity index is 1.81. The smallest absolute Gasteiger partial charge is 0.468 e. The molecule has 0 aliphatic carbocycles. The molecule has 0 atom stereocenters. The van der Waals surface area contributed by atoms with Crippen molar-refractivity contribution >= 4 is 17.5 Å².